The second kappa shape index (κ2) is 4.96. The van der Waals surface area contributed by atoms with Gasteiger partial charge in [0.15, 0.2) is 0 Å². The fourth-order valence-electron chi connectivity index (χ4n) is 1.78. The molecular formula is C13H18ClNO2. The summed E-state index contributed by atoms with van der Waals surface area (Å²) in [7, 11) is 0. The molecule has 1 aliphatic heterocycles. The quantitative estimate of drug-likeness (QED) is 0.837. The Morgan fingerprint density at radius 3 is 2.24 bits per heavy atom. The van der Waals surface area contributed by atoms with Crippen LogP contribution >= 0.6 is 12.4 Å². The first-order valence-electron chi connectivity index (χ1n) is 5.50. The molecule has 1 amide bonds. The van der Waals surface area contributed by atoms with E-state index in [0.717, 1.165) is 5.56 Å². The molecule has 1 N–H and O–H groups in total. The predicted molar refractivity (Wildman–Crippen MR) is 69.6 cm³/mol. The Balaban J connectivity index is 0.00000144. The number of halogens is 1. The summed E-state index contributed by atoms with van der Waals surface area (Å²) in [5.74, 6) is 0. The first-order chi connectivity index (χ1) is 7.47. The zero-order valence-corrected chi connectivity index (χ0v) is 11.1. The average molecular weight is 256 g/mol. The molecule has 2 rings (SSSR count). The lowest BCUT2D eigenvalue weighted by Crippen LogP contribution is -2.18. The third-order valence-corrected chi connectivity index (χ3v) is 2.85. The fourth-order valence-corrected chi connectivity index (χ4v) is 1.78. The summed E-state index contributed by atoms with van der Waals surface area (Å²) in [5, 5.41) is 2.77. The van der Waals surface area contributed by atoms with Gasteiger partial charge in [0, 0.05) is 0 Å². The first-order valence-corrected chi connectivity index (χ1v) is 5.50. The van der Waals surface area contributed by atoms with Crippen molar-refractivity contribution in [2.24, 2.45) is 0 Å². The van der Waals surface area contributed by atoms with Gasteiger partial charge < -0.3 is 10.1 Å². The van der Waals surface area contributed by atoms with E-state index in [1.54, 1.807) is 0 Å². The third kappa shape index (κ3) is 3.13. The van der Waals surface area contributed by atoms with E-state index < -0.39 is 0 Å². The highest BCUT2D eigenvalue weighted by molar-refractivity contribution is 5.85. The van der Waals surface area contributed by atoms with Crippen molar-refractivity contribution in [3.63, 3.8) is 0 Å². The molecule has 4 heteroatoms. The number of nitrogens with one attached hydrogen (secondary N) is 1. The van der Waals surface area contributed by atoms with Gasteiger partial charge in [-0.05, 0) is 16.5 Å². The van der Waals surface area contributed by atoms with Crippen LogP contribution in [0.5, 0.6) is 0 Å². The van der Waals surface area contributed by atoms with Crippen LogP contribution in [0.3, 0.4) is 0 Å². The molecule has 0 aliphatic carbocycles. The first kappa shape index (κ1) is 13.8. The Labute approximate surface area is 108 Å². The maximum atomic E-state index is 10.9. The van der Waals surface area contributed by atoms with E-state index >= 15 is 0 Å². The number of hydrogen-bond donors (Lipinski definition) is 1. The number of rotatable bonds is 1. The molecule has 3 nitrogen and oxygen atoms in total. The summed E-state index contributed by atoms with van der Waals surface area (Å²) in [4.78, 5) is 10.9. The molecule has 17 heavy (non-hydrogen) atoms. The lowest BCUT2D eigenvalue weighted by molar-refractivity contribution is 0.177. The zero-order chi connectivity index (χ0) is 11.8. The molecule has 0 aromatic heterocycles. The molecule has 0 saturated carbocycles. The minimum Gasteiger partial charge on any atom is -0.447 e. The van der Waals surface area contributed by atoms with E-state index in [-0.39, 0.29) is 30.0 Å². The van der Waals surface area contributed by atoms with Crippen LogP contribution in [0.4, 0.5) is 4.79 Å². The van der Waals surface area contributed by atoms with Gasteiger partial charge in [0.2, 0.25) is 0 Å². The summed E-state index contributed by atoms with van der Waals surface area (Å²) >= 11 is 0. The van der Waals surface area contributed by atoms with Crippen LogP contribution in [0.2, 0.25) is 0 Å². The number of ether oxygens (including phenoxy) is 1. The molecule has 1 saturated heterocycles. The Hall–Kier alpha value is -1.22. The standard InChI is InChI=1S/C13H17NO2.ClH/c1-13(2,3)10-6-4-9(5-7-10)11-8-16-12(15)14-11;/h4-7,11H,8H2,1-3H3,(H,14,15);1H/t11-;/m0./s1. The van der Waals surface area contributed by atoms with Gasteiger partial charge in [-0.25, -0.2) is 4.79 Å². The molecule has 94 valence electrons. The van der Waals surface area contributed by atoms with E-state index in [9.17, 15) is 4.79 Å². The van der Waals surface area contributed by atoms with E-state index in [1.807, 2.05) is 0 Å². The predicted octanol–water partition coefficient (Wildman–Crippen LogP) is 3.19. The Morgan fingerprint density at radius 2 is 1.82 bits per heavy atom. The molecule has 0 radical (unpaired) electrons. The van der Waals surface area contributed by atoms with Crippen molar-refractivity contribution in [2.75, 3.05) is 6.61 Å². The minimum atomic E-state index is -0.329. The number of alkyl carbamates (subject to hydrolysis) is 1. The lowest BCUT2D eigenvalue weighted by Gasteiger charge is -2.19. The Bertz CT molecular complexity index is 395. The summed E-state index contributed by atoms with van der Waals surface area (Å²) in [6.45, 7) is 6.97. The van der Waals surface area contributed by atoms with Gasteiger partial charge >= 0.3 is 6.09 Å². The second-order valence-electron chi connectivity index (χ2n) is 5.17. The SMILES string of the molecule is CC(C)(C)c1ccc([C@@H]2COC(=O)N2)cc1.Cl. The van der Waals surface area contributed by atoms with Crippen molar-refractivity contribution >= 4 is 18.5 Å². The molecule has 1 atom stereocenters. The fraction of sp³-hybridized carbons (Fsp3) is 0.462. The highest BCUT2D eigenvalue weighted by Crippen LogP contribution is 2.25. The molecule has 0 spiro atoms. The maximum Gasteiger partial charge on any atom is 0.407 e. The molecule has 1 fully saturated rings. The molecular weight excluding hydrogens is 238 g/mol. The normalized spacial score (nSPS) is 19.2. The van der Waals surface area contributed by atoms with Gasteiger partial charge in [-0.1, -0.05) is 45.0 Å². The smallest absolute Gasteiger partial charge is 0.407 e. The number of carbonyl (C=O) groups excluding carboxylic acids is 1. The highest BCUT2D eigenvalue weighted by atomic mass is 35.5. The number of hydrogen-bond acceptors (Lipinski definition) is 2. The number of carbonyl (C=O) groups is 1. The van der Waals surface area contributed by atoms with Crippen molar-refractivity contribution in [2.45, 2.75) is 32.2 Å². The van der Waals surface area contributed by atoms with Crippen molar-refractivity contribution in [1.82, 2.24) is 5.32 Å². The van der Waals surface area contributed by atoms with Crippen molar-refractivity contribution < 1.29 is 9.53 Å². The molecule has 0 unspecified atom stereocenters. The van der Waals surface area contributed by atoms with Gasteiger partial charge in [-0.15, -0.1) is 12.4 Å². The van der Waals surface area contributed by atoms with E-state index in [1.165, 1.54) is 5.56 Å². The summed E-state index contributed by atoms with van der Waals surface area (Å²) in [5.41, 5.74) is 2.55. The van der Waals surface area contributed by atoms with Crippen molar-refractivity contribution in [3.8, 4) is 0 Å². The largest absolute Gasteiger partial charge is 0.447 e. The lowest BCUT2D eigenvalue weighted by atomic mass is 9.86. The summed E-state index contributed by atoms with van der Waals surface area (Å²) in [6, 6.07) is 8.33. The van der Waals surface area contributed by atoms with Crippen LogP contribution in [0.25, 0.3) is 0 Å². The van der Waals surface area contributed by atoms with Crippen LogP contribution in [-0.2, 0) is 10.2 Å². The Kier molecular flexibility index (Phi) is 4.04. The van der Waals surface area contributed by atoms with Crippen LogP contribution in [0.1, 0.15) is 37.9 Å². The van der Waals surface area contributed by atoms with Crippen LogP contribution in [-0.4, -0.2) is 12.7 Å². The summed E-state index contributed by atoms with van der Waals surface area (Å²) < 4.78 is 4.87. The van der Waals surface area contributed by atoms with Crippen LogP contribution < -0.4 is 5.32 Å². The topological polar surface area (TPSA) is 38.3 Å². The number of amides is 1. The van der Waals surface area contributed by atoms with Gasteiger partial charge in [0.1, 0.15) is 6.61 Å². The van der Waals surface area contributed by atoms with Crippen LogP contribution in [0, 0.1) is 0 Å². The van der Waals surface area contributed by atoms with Crippen molar-refractivity contribution in [3.05, 3.63) is 35.4 Å². The zero-order valence-electron chi connectivity index (χ0n) is 10.3. The molecule has 1 aromatic carbocycles. The average Bonchev–Trinajstić information content (AvgIpc) is 2.64. The third-order valence-electron chi connectivity index (χ3n) is 2.85. The van der Waals surface area contributed by atoms with E-state index in [4.69, 9.17) is 4.74 Å². The second-order valence-corrected chi connectivity index (χ2v) is 5.17. The molecule has 0 bridgehead atoms. The molecule has 1 aromatic rings. The van der Waals surface area contributed by atoms with Crippen LogP contribution in [0.15, 0.2) is 24.3 Å². The number of cyclic esters (lactones) is 1. The minimum absolute atomic E-state index is 0. The number of benzene rings is 1. The van der Waals surface area contributed by atoms with E-state index in [2.05, 4.69) is 50.4 Å². The van der Waals surface area contributed by atoms with E-state index in [0.29, 0.717) is 6.61 Å². The molecule has 1 heterocycles. The van der Waals surface area contributed by atoms with Gasteiger partial charge in [-0.3, -0.25) is 0 Å². The van der Waals surface area contributed by atoms with Crippen molar-refractivity contribution in [1.29, 1.82) is 0 Å². The summed E-state index contributed by atoms with van der Waals surface area (Å²) in [6.07, 6.45) is -0.329. The van der Waals surface area contributed by atoms with Gasteiger partial charge in [0.25, 0.3) is 0 Å². The molecule has 1 aliphatic rings. The monoisotopic (exact) mass is 255 g/mol. The van der Waals surface area contributed by atoms with Gasteiger partial charge in [-0.2, -0.15) is 0 Å². The maximum absolute atomic E-state index is 10.9. The Morgan fingerprint density at radius 1 is 1.24 bits per heavy atom. The highest BCUT2D eigenvalue weighted by Gasteiger charge is 2.24. The van der Waals surface area contributed by atoms with Gasteiger partial charge in [0.05, 0.1) is 6.04 Å².